The van der Waals surface area contributed by atoms with Crippen LogP contribution in [-0.2, 0) is 11.3 Å². The molecule has 0 spiro atoms. The number of aliphatic imine (C=N–C) groups is 1. The van der Waals surface area contributed by atoms with Crippen LogP contribution in [0.5, 0.6) is 0 Å². The van der Waals surface area contributed by atoms with Crippen LogP contribution in [0.25, 0.3) is 0 Å². The Morgan fingerprint density at radius 3 is 2.64 bits per heavy atom. The van der Waals surface area contributed by atoms with Gasteiger partial charge in [-0.05, 0) is 38.0 Å². The van der Waals surface area contributed by atoms with Crippen LogP contribution >= 0.6 is 0 Å². The van der Waals surface area contributed by atoms with Gasteiger partial charge >= 0.3 is 0 Å². The van der Waals surface area contributed by atoms with Crippen LogP contribution in [0.1, 0.15) is 25.8 Å². The highest BCUT2D eigenvalue weighted by Crippen LogP contribution is 2.21. The molecule has 1 unspecified atom stereocenters. The molecule has 1 aromatic carbocycles. The van der Waals surface area contributed by atoms with Crippen molar-refractivity contribution in [1.82, 2.24) is 15.1 Å². The molecule has 156 valence electrons. The van der Waals surface area contributed by atoms with E-state index in [4.69, 9.17) is 4.74 Å². The largest absolute Gasteiger partial charge is 0.379 e. The van der Waals surface area contributed by atoms with Crippen molar-refractivity contribution in [3.63, 3.8) is 0 Å². The minimum Gasteiger partial charge on any atom is -0.379 e. The summed E-state index contributed by atoms with van der Waals surface area (Å²) in [5.74, 6) is 0.732. The first-order chi connectivity index (χ1) is 13.7. The van der Waals surface area contributed by atoms with Crippen LogP contribution < -0.4 is 10.2 Å². The summed E-state index contributed by atoms with van der Waals surface area (Å²) in [5, 5.41) is 3.41. The smallest absolute Gasteiger partial charge is 0.193 e. The molecule has 2 heterocycles. The summed E-state index contributed by atoms with van der Waals surface area (Å²) in [4.78, 5) is 11.3. The lowest BCUT2D eigenvalue weighted by molar-refractivity contribution is 0.0195. The minimum atomic E-state index is -0.161. The first-order valence-electron chi connectivity index (χ1n) is 10.5. The first kappa shape index (κ1) is 20.9. The average molecular weight is 392 g/mol. The average Bonchev–Trinajstić information content (AvgIpc) is 3.21. The Hall–Kier alpha value is -1.86. The van der Waals surface area contributed by atoms with Crippen LogP contribution in [0.15, 0.2) is 23.2 Å². The Bertz CT molecular complexity index is 658. The van der Waals surface area contributed by atoms with Crippen molar-refractivity contribution >= 4 is 11.6 Å². The van der Waals surface area contributed by atoms with E-state index in [9.17, 15) is 4.39 Å². The highest BCUT2D eigenvalue weighted by molar-refractivity contribution is 5.80. The molecular formula is C21H34FN5O. The van der Waals surface area contributed by atoms with Gasteiger partial charge in [-0.2, -0.15) is 0 Å². The lowest BCUT2D eigenvalue weighted by Crippen LogP contribution is -2.46. The lowest BCUT2D eigenvalue weighted by Gasteiger charge is -2.32. The minimum absolute atomic E-state index is 0.161. The maximum atomic E-state index is 14.5. The summed E-state index contributed by atoms with van der Waals surface area (Å²) in [6, 6.07) is 6.08. The van der Waals surface area contributed by atoms with Gasteiger partial charge < -0.3 is 19.9 Å². The number of rotatable bonds is 6. The van der Waals surface area contributed by atoms with E-state index in [1.54, 1.807) is 6.07 Å². The van der Waals surface area contributed by atoms with Gasteiger partial charge in [0.25, 0.3) is 0 Å². The number of nitrogens with one attached hydrogen (secondary N) is 1. The van der Waals surface area contributed by atoms with Crippen LogP contribution in [0.4, 0.5) is 10.1 Å². The maximum Gasteiger partial charge on any atom is 0.193 e. The van der Waals surface area contributed by atoms with Crippen molar-refractivity contribution in [2.75, 3.05) is 64.4 Å². The van der Waals surface area contributed by atoms with E-state index in [-0.39, 0.29) is 5.82 Å². The topological polar surface area (TPSA) is 43.3 Å². The third kappa shape index (κ3) is 4.94. The summed E-state index contributed by atoms with van der Waals surface area (Å²) in [6.07, 6.45) is 1.15. The molecule has 2 fully saturated rings. The van der Waals surface area contributed by atoms with Crippen molar-refractivity contribution in [2.24, 2.45) is 4.99 Å². The molecule has 0 amide bonds. The second kappa shape index (κ2) is 10.1. The SMILES string of the molecule is CCN(CC)c1ccc(CNC(=NC)N2CCC(N3CCOCC3)C2)cc1F. The van der Waals surface area contributed by atoms with Crippen molar-refractivity contribution in [2.45, 2.75) is 32.9 Å². The summed E-state index contributed by atoms with van der Waals surface area (Å²) in [5.41, 5.74) is 1.60. The fraction of sp³-hybridized carbons (Fsp3) is 0.667. The van der Waals surface area contributed by atoms with Gasteiger partial charge in [-0.3, -0.25) is 9.89 Å². The van der Waals surface area contributed by atoms with Crippen LogP contribution in [0.2, 0.25) is 0 Å². The van der Waals surface area contributed by atoms with Crippen molar-refractivity contribution in [1.29, 1.82) is 0 Å². The Kier molecular flexibility index (Phi) is 7.50. The fourth-order valence-electron chi connectivity index (χ4n) is 4.17. The molecule has 2 saturated heterocycles. The highest BCUT2D eigenvalue weighted by Gasteiger charge is 2.30. The fourth-order valence-corrected chi connectivity index (χ4v) is 4.17. The van der Waals surface area contributed by atoms with Gasteiger partial charge in [-0.1, -0.05) is 6.07 Å². The second-order valence-electron chi connectivity index (χ2n) is 7.40. The molecule has 0 aromatic heterocycles. The van der Waals surface area contributed by atoms with E-state index in [1.165, 1.54) is 0 Å². The monoisotopic (exact) mass is 391 g/mol. The molecule has 0 aliphatic carbocycles. The predicted octanol–water partition coefficient (Wildman–Crippen LogP) is 2.15. The predicted molar refractivity (Wildman–Crippen MR) is 113 cm³/mol. The van der Waals surface area contributed by atoms with E-state index < -0.39 is 0 Å². The first-order valence-corrected chi connectivity index (χ1v) is 10.5. The number of anilines is 1. The number of likely N-dealkylation sites (tertiary alicyclic amines) is 1. The number of nitrogens with zero attached hydrogens (tertiary/aromatic N) is 4. The van der Waals surface area contributed by atoms with E-state index in [2.05, 4.69) is 20.1 Å². The summed E-state index contributed by atoms with van der Waals surface area (Å²) in [6.45, 7) is 11.9. The van der Waals surface area contributed by atoms with E-state index >= 15 is 0 Å². The molecule has 0 saturated carbocycles. The third-order valence-electron chi connectivity index (χ3n) is 5.80. The molecule has 3 rings (SSSR count). The van der Waals surface area contributed by atoms with E-state index in [0.717, 1.165) is 70.4 Å². The maximum absolute atomic E-state index is 14.5. The number of morpholine rings is 1. The highest BCUT2D eigenvalue weighted by atomic mass is 19.1. The van der Waals surface area contributed by atoms with Crippen molar-refractivity contribution < 1.29 is 9.13 Å². The van der Waals surface area contributed by atoms with E-state index in [0.29, 0.717) is 18.3 Å². The molecule has 1 aromatic rings. The Balaban J connectivity index is 1.55. The quantitative estimate of drug-likeness (QED) is 0.595. The number of hydrogen-bond donors (Lipinski definition) is 1. The molecule has 0 bridgehead atoms. The molecule has 6 nitrogen and oxygen atoms in total. The molecule has 7 heteroatoms. The summed E-state index contributed by atoms with van der Waals surface area (Å²) < 4.78 is 20.0. The van der Waals surface area contributed by atoms with Gasteiger partial charge in [0.2, 0.25) is 0 Å². The van der Waals surface area contributed by atoms with Gasteiger partial charge in [0.15, 0.2) is 5.96 Å². The molecule has 1 atom stereocenters. The van der Waals surface area contributed by atoms with Gasteiger partial charge in [-0.15, -0.1) is 0 Å². The Morgan fingerprint density at radius 2 is 2.00 bits per heavy atom. The zero-order valence-corrected chi connectivity index (χ0v) is 17.5. The zero-order chi connectivity index (χ0) is 19.9. The number of guanidine groups is 1. The van der Waals surface area contributed by atoms with Crippen molar-refractivity contribution in [3.05, 3.63) is 29.6 Å². The van der Waals surface area contributed by atoms with Crippen molar-refractivity contribution in [3.8, 4) is 0 Å². The molecule has 1 N–H and O–H groups in total. The molecular weight excluding hydrogens is 357 g/mol. The molecule has 28 heavy (non-hydrogen) atoms. The Labute approximate surface area is 168 Å². The van der Waals surface area contributed by atoms with Crippen LogP contribution in [0.3, 0.4) is 0 Å². The van der Waals surface area contributed by atoms with Gasteiger partial charge in [0.1, 0.15) is 5.82 Å². The number of benzene rings is 1. The van der Waals surface area contributed by atoms with Gasteiger partial charge in [0, 0.05) is 58.9 Å². The lowest BCUT2D eigenvalue weighted by atomic mass is 10.2. The van der Waals surface area contributed by atoms with Gasteiger partial charge in [-0.25, -0.2) is 4.39 Å². The summed E-state index contributed by atoms with van der Waals surface area (Å²) in [7, 11) is 1.81. The number of hydrogen-bond acceptors (Lipinski definition) is 4. The van der Waals surface area contributed by atoms with Crippen LogP contribution in [-0.4, -0.2) is 81.3 Å². The molecule has 2 aliphatic rings. The normalized spacial score (nSPS) is 21.2. The number of halogens is 1. The molecule has 0 radical (unpaired) electrons. The third-order valence-corrected chi connectivity index (χ3v) is 5.80. The standard InChI is InChI=1S/C21H34FN5O/c1-4-25(5-2)20-7-6-17(14-19(20)22)15-24-21(23-3)27-9-8-18(16-27)26-10-12-28-13-11-26/h6-7,14,18H,4-5,8-13,15-16H2,1-3H3,(H,23,24). The Morgan fingerprint density at radius 1 is 1.25 bits per heavy atom. The number of ether oxygens (including phenoxy) is 1. The van der Waals surface area contributed by atoms with Crippen LogP contribution in [0, 0.1) is 5.82 Å². The second-order valence-corrected chi connectivity index (χ2v) is 7.40. The summed E-state index contributed by atoms with van der Waals surface area (Å²) >= 11 is 0. The van der Waals surface area contributed by atoms with Gasteiger partial charge in [0.05, 0.1) is 18.9 Å². The van der Waals surface area contributed by atoms with E-state index in [1.807, 2.05) is 37.9 Å². The zero-order valence-electron chi connectivity index (χ0n) is 17.5. The molecule has 2 aliphatic heterocycles.